The average molecular weight is 190 g/mol. The second-order valence-corrected chi connectivity index (χ2v) is 3.09. The molecule has 66 valence electrons. The molecular weight excluding hydrogens is 182 g/mol. The van der Waals surface area contributed by atoms with E-state index in [9.17, 15) is 8.78 Å². The molecule has 0 heterocycles. The van der Waals surface area contributed by atoms with Gasteiger partial charge in [0.2, 0.25) is 0 Å². The van der Waals surface area contributed by atoms with Gasteiger partial charge in [-0.25, -0.2) is 8.78 Å². The van der Waals surface area contributed by atoms with Crippen LogP contribution in [0.1, 0.15) is 5.56 Å². The zero-order chi connectivity index (χ0) is 9.14. The van der Waals surface area contributed by atoms with E-state index in [0.717, 1.165) is 23.9 Å². The summed E-state index contributed by atoms with van der Waals surface area (Å²) in [7, 11) is 0. The lowest BCUT2D eigenvalue weighted by Gasteiger charge is -2.03. The summed E-state index contributed by atoms with van der Waals surface area (Å²) in [5, 5.41) is 8.65. The van der Waals surface area contributed by atoms with E-state index in [-0.39, 0.29) is 10.5 Å². The maximum Gasteiger partial charge on any atom is 0.142 e. The zero-order valence-corrected chi connectivity index (χ0v) is 7.29. The van der Waals surface area contributed by atoms with Crippen molar-refractivity contribution in [2.45, 2.75) is 11.5 Å². The highest BCUT2D eigenvalue weighted by molar-refractivity contribution is 7.98. The van der Waals surface area contributed by atoms with Gasteiger partial charge in [-0.15, -0.1) is 11.8 Å². The summed E-state index contributed by atoms with van der Waals surface area (Å²) in [6.45, 7) is -0.475. The van der Waals surface area contributed by atoms with Crippen molar-refractivity contribution < 1.29 is 13.9 Å². The fraction of sp³-hybridized carbons (Fsp3) is 0.250. The molecule has 1 aromatic rings. The van der Waals surface area contributed by atoms with Crippen LogP contribution in [0.4, 0.5) is 8.78 Å². The van der Waals surface area contributed by atoms with Crippen LogP contribution < -0.4 is 0 Å². The van der Waals surface area contributed by atoms with E-state index in [1.165, 1.54) is 0 Å². The molecule has 0 aliphatic carbocycles. The molecular formula is C8H8F2OS. The molecule has 0 saturated carbocycles. The Kier molecular flexibility index (Phi) is 3.05. The quantitative estimate of drug-likeness (QED) is 0.721. The highest BCUT2D eigenvalue weighted by Crippen LogP contribution is 2.23. The van der Waals surface area contributed by atoms with Crippen LogP contribution in [0.25, 0.3) is 0 Å². The molecule has 0 unspecified atom stereocenters. The summed E-state index contributed by atoms with van der Waals surface area (Å²) in [5.74, 6) is -1.06. The SMILES string of the molecule is CSc1cc(F)cc(CO)c1F. The number of hydrogen-bond acceptors (Lipinski definition) is 2. The lowest BCUT2D eigenvalue weighted by molar-refractivity contribution is 0.274. The summed E-state index contributed by atoms with van der Waals surface area (Å²) in [6, 6.07) is 2.11. The monoisotopic (exact) mass is 190 g/mol. The van der Waals surface area contributed by atoms with Gasteiger partial charge >= 0.3 is 0 Å². The summed E-state index contributed by atoms with van der Waals surface area (Å²) < 4.78 is 25.8. The predicted octanol–water partition coefficient (Wildman–Crippen LogP) is 2.18. The summed E-state index contributed by atoms with van der Waals surface area (Å²) in [5.41, 5.74) is -0.000602. The Hall–Kier alpha value is -0.610. The lowest BCUT2D eigenvalue weighted by Crippen LogP contribution is -1.93. The van der Waals surface area contributed by atoms with Gasteiger partial charge in [-0.05, 0) is 18.4 Å². The first kappa shape index (κ1) is 9.48. The van der Waals surface area contributed by atoms with E-state index in [1.807, 2.05) is 0 Å². The van der Waals surface area contributed by atoms with Gasteiger partial charge in [0.05, 0.1) is 6.61 Å². The Bertz CT molecular complexity index is 263. The molecule has 12 heavy (non-hydrogen) atoms. The molecule has 1 nitrogen and oxygen atoms in total. The van der Waals surface area contributed by atoms with Crippen LogP contribution in [0.3, 0.4) is 0 Å². The number of benzene rings is 1. The third kappa shape index (κ3) is 1.76. The Morgan fingerprint density at radius 2 is 2.08 bits per heavy atom. The maximum absolute atomic E-state index is 13.1. The highest BCUT2D eigenvalue weighted by Gasteiger charge is 2.08. The van der Waals surface area contributed by atoms with Gasteiger partial charge in [-0.1, -0.05) is 0 Å². The number of halogens is 2. The van der Waals surface area contributed by atoms with Crippen LogP contribution in [0.2, 0.25) is 0 Å². The van der Waals surface area contributed by atoms with Gasteiger partial charge in [0.1, 0.15) is 11.6 Å². The molecule has 0 aliphatic rings. The Balaban J connectivity index is 3.22. The molecule has 0 bridgehead atoms. The fourth-order valence-corrected chi connectivity index (χ4v) is 1.42. The average Bonchev–Trinajstić information content (AvgIpc) is 2.08. The van der Waals surface area contributed by atoms with Gasteiger partial charge in [0.15, 0.2) is 0 Å². The van der Waals surface area contributed by atoms with Crippen molar-refractivity contribution >= 4 is 11.8 Å². The molecule has 0 amide bonds. The van der Waals surface area contributed by atoms with Gasteiger partial charge in [0.25, 0.3) is 0 Å². The topological polar surface area (TPSA) is 20.2 Å². The van der Waals surface area contributed by atoms with Crippen molar-refractivity contribution in [3.8, 4) is 0 Å². The molecule has 1 rings (SSSR count). The smallest absolute Gasteiger partial charge is 0.142 e. The minimum absolute atomic E-state index is 0.000602. The first-order chi connectivity index (χ1) is 5.69. The lowest BCUT2D eigenvalue weighted by atomic mass is 10.2. The van der Waals surface area contributed by atoms with E-state index < -0.39 is 18.2 Å². The second kappa shape index (κ2) is 3.87. The van der Waals surface area contributed by atoms with Gasteiger partial charge in [0, 0.05) is 10.5 Å². The van der Waals surface area contributed by atoms with Crippen LogP contribution in [-0.2, 0) is 6.61 Å². The van der Waals surface area contributed by atoms with Crippen LogP contribution in [-0.4, -0.2) is 11.4 Å². The molecule has 0 atom stereocenters. The van der Waals surface area contributed by atoms with Gasteiger partial charge < -0.3 is 5.11 Å². The summed E-state index contributed by atoms with van der Waals surface area (Å²) in [6.07, 6.45) is 1.65. The second-order valence-electron chi connectivity index (χ2n) is 2.24. The number of hydrogen-bond donors (Lipinski definition) is 1. The minimum Gasteiger partial charge on any atom is -0.392 e. The first-order valence-corrected chi connectivity index (χ1v) is 4.54. The first-order valence-electron chi connectivity index (χ1n) is 3.31. The van der Waals surface area contributed by atoms with Crippen LogP contribution in [0.15, 0.2) is 17.0 Å². The maximum atomic E-state index is 13.1. The molecule has 1 aromatic carbocycles. The van der Waals surface area contributed by atoms with E-state index >= 15 is 0 Å². The molecule has 0 spiro atoms. The number of rotatable bonds is 2. The van der Waals surface area contributed by atoms with Crippen molar-refractivity contribution in [2.24, 2.45) is 0 Å². The number of thioether (sulfide) groups is 1. The fourth-order valence-electron chi connectivity index (χ4n) is 0.882. The van der Waals surface area contributed by atoms with Crippen LogP contribution in [0, 0.1) is 11.6 Å². The molecule has 1 N–H and O–H groups in total. The molecule has 0 aromatic heterocycles. The Morgan fingerprint density at radius 1 is 1.42 bits per heavy atom. The Morgan fingerprint density at radius 3 is 2.58 bits per heavy atom. The molecule has 4 heteroatoms. The minimum atomic E-state index is -0.536. The Labute approximate surface area is 73.4 Å². The summed E-state index contributed by atoms with van der Waals surface area (Å²) in [4.78, 5) is 0.221. The number of aliphatic hydroxyl groups excluding tert-OH is 1. The molecule has 0 saturated heterocycles. The van der Waals surface area contributed by atoms with Gasteiger partial charge in [-0.2, -0.15) is 0 Å². The summed E-state index contributed by atoms with van der Waals surface area (Å²) >= 11 is 1.11. The zero-order valence-electron chi connectivity index (χ0n) is 6.47. The van der Waals surface area contributed by atoms with Crippen molar-refractivity contribution in [2.75, 3.05) is 6.26 Å². The standard InChI is InChI=1S/C8H8F2OS/c1-12-7-3-6(9)2-5(4-11)8(7)10/h2-3,11H,4H2,1H3. The van der Waals surface area contributed by atoms with Gasteiger partial charge in [-0.3, -0.25) is 0 Å². The van der Waals surface area contributed by atoms with E-state index in [4.69, 9.17) is 5.11 Å². The van der Waals surface area contributed by atoms with Crippen molar-refractivity contribution in [3.05, 3.63) is 29.3 Å². The van der Waals surface area contributed by atoms with Crippen LogP contribution in [0.5, 0.6) is 0 Å². The van der Waals surface area contributed by atoms with Crippen molar-refractivity contribution in [1.82, 2.24) is 0 Å². The molecule has 0 aliphatic heterocycles. The molecule has 0 fully saturated rings. The van der Waals surface area contributed by atoms with Crippen molar-refractivity contribution in [1.29, 1.82) is 0 Å². The largest absolute Gasteiger partial charge is 0.392 e. The van der Waals surface area contributed by atoms with Crippen LogP contribution >= 0.6 is 11.8 Å². The third-order valence-corrected chi connectivity index (χ3v) is 2.21. The van der Waals surface area contributed by atoms with E-state index in [2.05, 4.69) is 0 Å². The van der Waals surface area contributed by atoms with Crippen molar-refractivity contribution in [3.63, 3.8) is 0 Å². The molecule has 0 radical (unpaired) electrons. The van der Waals surface area contributed by atoms with E-state index in [1.54, 1.807) is 6.26 Å². The normalized spacial score (nSPS) is 10.3. The van der Waals surface area contributed by atoms with E-state index in [0.29, 0.717) is 0 Å². The number of aliphatic hydroxyl groups is 1. The predicted molar refractivity (Wildman–Crippen MR) is 44.1 cm³/mol. The third-order valence-electron chi connectivity index (χ3n) is 1.47. The highest BCUT2D eigenvalue weighted by atomic mass is 32.2.